The summed E-state index contributed by atoms with van der Waals surface area (Å²) >= 11 is 5.93. The van der Waals surface area contributed by atoms with Gasteiger partial charge in [-0.2, -0.15) is 0 Å². The minimum atomic E-state index is -0.701. The van der Waals surface area contributed by atoms with Crippen molar-refractivity contribution in [3.8, 4) is 0 Å². The maximum atomic E-state index is 13.0. The maximum Gasteiger partial charge on any atom is 0.273 e. The quantitative estimate of drug-likeness (QED) is 0.346. The monoisotopic (exact) mass is 438 g/mol. The van der Waals surface area contributed by atoms with Gasteiger partial charge in [0, 0.05) is 30.2 Å². The molecule has 0 fully saturated rings. The van der Waals surface area contributed by atoms with Crippen molar-refractivity contribution >= 4 is 35.4 Å². The molecule has 2 N–H and O–H groups in total. The zero-order chi connectivity index (χ0) is 22.7. The van der Waals surface area contributed by atoms with E-state index in [1.165, 1.54) is 4.68 Å². The molecule has 0 aliphatic heterocycles. The van der Waals surface area contributed by atoms with E-state index in [0.29, 0.717) is 22.7 Å². The average molecular weight is 439 g/mol. The first-order chi connectivity index (χ1) is 14.7. The molecule has 1 heterocycles. The number of amides is 1. The van der Waals surface area contributed by atoms with Crippen LogP contribution in [-0.4, -0.2) is 52.0 Å². The maximum absolute atomic E-state index is 13.0. The summed E-state index contributed by atoms with van der Waals surface area (Å²) in [5.74, 6) is -0.488. The van der Waals surface area contributed by atoms with Gasteiger partial charge in [0.1, 0.15) is 0 Å². The third kappa shape index (κ3) is 4.97. The van der Waals surface area contributed by atoms with Gasteiger partial charge in [0.05, 0.1) is 12.9 Å². The Labute approximate surface area is 185 Å². The first-order valence-electron chi connectivity index (χ1n) is 9.51. The third-order valence-corrected chi connectivity index (χ3v) is 4.86. The van der Waals surface area contributed by atoms with E-state index in [0.717, 1.165) is 16.7 Å². The highest BCUT2D eigenvalue weighted by Gasteiger charge is 2.19. The van der Waals surface area contributed by atoms with E-state index >= 15 is 0 Å². The predicted molar refractivity (Wildman–Crippen MR) is 120 cm³/mol. The molecule has 2 aromatic carbocycles. The van der Waals surface area contributed by atoms with Gasteiger partial charge in [0.15, 0.2) is 17.3 Å². The SMILES string of the molecule is Cc1cc(Cn2nnc(C(N)=O)c2N=CN(C)C)cc(C)c1C(=O)c1ccc(Cl)cc1. The molecule has 1 aromatic heterocycles. The molecule has 0 aliphatic rings. The zero-order valence-corrected chi connectivity index (χ0v) is 18.5. The number of aliphatic imine (C=N–C) groups is 1. The number of aryl methyl sites for hydroxylation is 2. The van der Waals surface area contributed by atoms with Gasteiger partial charge in [-0.15, -0.1) is 5.10 Å². The highest BCUT2D eigenvalue weighted by molar-refractivity contribution is 6.30. The van der Waals surface area contributed by atoms with Gasteiger partial charge in [-0.25, -0.2) is 9.67 Å². The Morgan fingerprint density at radius 1 is 1.16 bits per heavy atom. The molecular formula is C22H23ClN6O2. The molecule has 31 heavy (non-hydrogen) atoms. The lowest BCUT2D eigenvalue weighted by atomic mass is 9.93. The van der Waals surface area contributed by atoms with Crippen molar-refractivity contribution < 1.29 is 9.59 Å². The number of hydrogen-bond donors (Lipinski definition) is 1. The van der Waals surface area contributed by atoms with Crippen LogP contribution in [-0.2, 0) is 6.54 Å². The normalized spacial score (nSPS) is 11.1. The van der Waals surface area contributed by atoms with E-state index in [2.05, 4.69) is 15.3 Å². The van der Waals surface area contributed by atoms with Gasteiger partial charge in [0.2, 0.25) is 0 Å². The third-order valence-electron chi connectivity index (χ3n) is 4.61. The van der Waals surface area contributed by atoms with Crippen LogP contribution in [0.1, 0.15) is 43.1 Å². The summed E-state index contributed by atoms with van der Waals surface area (Å²) in [7, 11) is 3.62. The van der Waals surface area contributed by atoms with Gasteiger partial charge in [-0.1, -0.05) is 28.9 Å². The first-order valence-corrected chi connectivity index (χ1v) is 9.89. The summed E-state index contributed by atoms with van der Waals surface area (Å²) in [6.45, 7) is 4.10. The van der Waals surface area contributed by atoms with Gasteiger partial charge in [-0.3, -0.25) is 9.59 Å². The summed E-state index contributed by atoms with van der Waals surface area (Å²) in [6.07, 6.45) is 1.55. The van der Waals surface area contributed by atoms with E-state index in [9.17, 15) is 9.59 Å². The number of carbonyl (C=O) groups excluding carboxylic acids is 2. The van der Waals surface area contributed by atoms with Crippen LogP contribution in [0, 0.1) is 13.8 Å². The van der Waals surface area contributed by atoms with E-state index in [1.54, 1.807) is 35.5 Å². The minimum absolute atomic E-state index is 0.00100. The number of aromatic nitrogens is 3. The summed E-state index contributed by atoms with van der Waals surface area (Å²) in [6, 6.07) is 10.7. The van der Waals surface area contributed by atoms with Crippen LogP contribution in [0.2, 0.25) is 5.02 Å². The second-order valence-corrected chi connectivity index (χ2v) is 7.87. The van der Waals surface area contributed by atoms with Crippen LogP contribution >= 0.6 is 11.6 Å². The summed E-state index contributed by atoms with van der Waals surface area (Å²) < 4.78 is 1.51. The molecule has 9 heteroatoms. The molecule has 0 bridgehead atoms. The Morgan fingerprint density at radius 3 is 2.32 bits per heavy atom. The lowest BCUT2D eigenvalue weighted by Gasteiger charge is -2.13. The molecule has 0 saturated carbocycles. The van der Waals surface area contributed by atoms with E-state index in [4.69, 9.17) is 17.3 Å². The van der Waals surface area contributed by atoms with Crippen LogP contribution in [0.5, 0.6) is 0 Å². The number of ketones is 1. The van der Waals surface area contributed by atoms with Crippen LogP contribution in [0.15, 0.2) is 41.4 Å². The highest BCUT2D eigenvalue weighted by atomic mass is 35.5. The Morgan fingerprint density at radius 2 is 1.77 bits per heavy atom. The number of nitrogens with two attached hydrogens (primary N) is 1. The molecule has 1 amide bonds. The van der Waals surface area contributed by atoms with Crippen molar-refractivity contribution in [3.63, 3.8) is 0 Å². The second kappa shape index (κ2) is 9.09. The molecule has 0 atom stereocenters. The number of rotatable bonds is 7. The Bertz CT molecular complexity index is 1140. The first kappa shape index (κ1) is 22.2. The number of benzene rings is 2. The highest BCUT2D eigenvalue weighted by Crippen LogP contribution is 2.24. The minimum Gasteiger partial charge on any atom is -0.369 e. The predicted octanol–water partition coefficient (Wildman–Crippen LogP) is 3.15. The number of nitrogens with zero attached hydrogens (tertiary/aromatic N) is 5. The van der Waals surface area contributed by atoms with Crippen molar-refractivity contribution in [2.45, 2.75) is 20.4 Å². The lowest BCUT2D eigenvalue weighted by Crippen LogP contribution is -2.13. The second-order valence-electron chi connectivity index (χ2n) is 7.43. The van der Waals surface area contributed by atoms with E-state index in [1.807, 2.05) is 40.1 Å². The molecular weight excluding hydrogens is 416 g/mol. The molecule has 0 radical (unpaired) electrons. The summed E-state index contributed by atoms with van der Waals surface area (Å²) in [5.41, 5.74) is 9.19. The average Bonchev–Trinajstić information content (AvgIpc) is 3.09. The topological polar surface area (TPSA) is 106 Å². The van der Waals surface area contributed by atoms with Gasteiger partial charge >= 0.3 is 0 Å². The van der Waals surface area contributed by atoms with Crippen molar-refractivity contribution in [2.24, 2.45) is 10.7 Å². The Hall–Kier alpha value is -3.52. The fraction of sp³-hybridized carbons (Fsp3) is 0.227. The van der Waals surface area contributed by atoms with Crippen LogP contribution < -0.4 is 5.73 Å². The summed E-state index contributed by atoms with van der Waals surface area (Å²) in [4.78, 5) is 30.7. The number of primary amides is 1. The molecule has 3 rings (SSSR count). The Balaban J connectivity index is 1.95. The van der Waals surface area contributed by atoms with Gasteiger partial charge < -0.3 is 10.6 Å². The zero-order valence-electron chi connectivity index (χ0n) is 17.8. The molecule has 0 aliphatic carbocycles. The number of hydrogen-bond acceptors (Lipinski definition) is 5. The molecule has 3 aromatic rings. The van der Waals surface area contributed by atoms with E-state index in [-0.39, 0.29) is 17.3 Å². The van der Waals surface area contributed by atoms with Gasteiger partial charge in [0.25, 0.3) is 5.91 Å². The fourth-order valence-electron chi connectivity index (χ4n) is 3.29. The molecule has 0 spiro atoms. The van der Waals surface area contributed by atoms with E-state index < -0.39 is 5.91 Å². The Kier molecular flexibility index (Phi) is 6.50. The standard InChI is InChI=1S/C22H23ClN6O2/c1-13-9-15(10-14(2)18(13)20(30)16-5-7-17(23)8-6-16)11-29-22(25-12-28(3)4)19(21(24)31)26-27-29/h5-10,12H,11H2,1-4H3,(H2,24,31). The largest absolute Gasteiger partial charge is 0.369 e. The van der Waals surface area contributed by atoms with Crippen LogP contribution in [0.4, 0.5) is 5.82 Å². The number of halogens is 1. The van der Waals surface area contributed by atoms with Crippen molar-refractivity contribution in [1.82, 2.24) is 19.9 Å². The van der Waals surface area contributed by atoms with Crippen LogP contribution in [0.25, 0.3) is 0 Å². The molecule has 160 valence electrons. The summed E-state index contributed by atoms with van der Waals surface area (Å²) in [5, 5.41) is 8.49. The van der Waals surface area contributed by atoms with Gasteiger partial charge in [-0.05, 0) is 54.8 Å². The van der Waals surface area contributed by atoms with Crippen molar-refractivity contribution in [1.29, 1.82) is 0 Å². The lowest BCUT2D eigenvalue weighted by molar-refractivity contribution is 0.0994. The number of carbonyl (C=O) groups is 2. The fourth-order valence-corrected chi connectivity index (χ4v) is 3.42. The smallest absolute Gasteiger partial charge is 0.273 e. The molecule has 0 saturated heterocycles. The molecule has 8 nitrogen and oxygen atoms in total. The van der Waals surface area contributed by atoms with Crippen LogP contribution in [0.3, 0.4) is 0 Å². The van der Waals surface area contributed by atoms with Crippen molar-refractivity contribution in [2.75, 3.05) is 14.1 Å². The van der Waals surface area contributed by atoms with Crippen molar-refractivity contribution in [3.05, 3.63) is 74.9 Å². The molecule has 0 unspecified atom stereocenters.